The molecule has 1 heterocycles. The Morgan fingerprint density at radius 2 is 1.84 bits per heavy atom. The molecule has 37 heavy (non-hydrogen) atoms. The van der Waals surface area contributed by atoms with Crippen molar-refractivity contribution in [1.82, 2.24) is 14.9 Å². The van der Waals surface area contributed by atoms with Crippen LogP contribution in [0.25, 0.3) is 0 Å². The van der Waals surface area contributed by atoms with Crippen molar-refractivity contribution in [2.24, 2.45) is 11.7 Å². The zero-order valence-corrected chi connectivity index (χ0v) is 21.4. The number of nitrogens with zero attached hydrogens (tertiary/aromatic N) is 2. The number of hydrogen-bond donors (Lipinski definition) is 3. The Hall–Kier alpha value is -3.12. The molecule has 1 saturated carbocycles. The molecule has 3 amide bonds. The summed E-state index contributed by atoms with van der Waals surface area (Å²) >= 11 is 5.99. The number of carbonyl (C=O) groups is 3. The molecule has 9 nitrogen and oxygen atoms in total. The molecule has 4 N–H and O–H groups in total. The van der Waals surface area contributed by atoms with Crippen LogP contribution in [0.2, 0.25) is 5.02 Å². The summed E-state index contributed by atoms with van der Waals surface area (Å²) in [4.78, 5) is 41.8. The molecule has 1 aliphatic rings. The lowest BCUT2D eigenvalue weighted by atomic mass is 9.85. The zero-order chi connectivity index (χ0) is 27.5. The van der Waals surface area contributed by atoms with Gasteiger partial charge in [-0.1, -0.05) is 11.6 Å². The molecule has 0 aliphatic heterocycles. The number of aromatic nitrogens is 2. The number of nitrogens with one attached hydrogen (secondary N) is 2. The first-order valence-corrected chi connectivity index (χ1v) is 12.0. The van der Waals surface area contributed by atoms with E-state index in [2.05, 4.69) is 15.6 Å². The highest BCUT2D eigenvalue weighted by atomic mass is 35.5. The maximum atomic E-state index is 13.0. The molecule has 1 aliphatic carbocycles. The van der Waals surface area contributed by atoms with E-state index in [1.54, 1.807) is 18.4 Å². The van der Waals surface area contributed by atoms with Crippen molar-refractivity contribution >= 4 is 35.0 Å². The van der Waals surface area contributed by atoms with Gasteiger partial charge in [0.25, 0.3) is 11.8 Å². The van der Waals surface area contributed by atoms with Gasteiger partial charge in [-0.25, -0.2) is 4.98 Å². The van der Waals surface area contributed by atoms with Crippen LogP contribution in [-0.4, -0.2) is 46.5 Å². The Kier molecular flexibility index (Phi) is 8.53. The number of hydrogen-bond acceptors (Lipinski definition) is 5. The molecule has 0 spiro atoms. The van der Waals surface area contributed by atoms with Crippen molar-refractivity contribution in [2.75, 3.05) is 19.0 Å². The third-order valence-electron chi connectivity index (χ3n) is 6.48. The molecule has 0 unspecified atom stereocenters. The number of carbonyl (C=O) groups excluding carboxylic acids is 3. The lowest BCUT2D eigenvalue weighted by molar-refractivity contribution is -0.137. The molecule has 0 atom stereocenters. The van der Waals surface area contributed by atoms with Crippen molar-refractivity contribution in [2.45, 2.75) is 57.3 Å². The Bertz CT molecular complexity index is 1170. The highest BCUT2D eigenvalue weighted by molar-refractivity contribution is 6.33. The molecule has 0 bridgehead atoms. The summed E-state index contributed by atoms with van der Waals surface area (Å²) in [7, 11) is 1.51. The zero-order valence-electron chi connectivity index (χ0n) is 20.6. The monoisotopic (exact) mass is 543 g/mol. The average molecular weight is 544 g/mol. The summed E-state index contributed by atoms with van der Waals surface area (Å²) in [5.41, 5.74) is 3.79. The van der Waals surface area contributed by atoms with Crippen molar-refractivity contribution in [3.05, 3.63) is 46.5 Å². The van der Waals surface area contributed by atoms with E-state index >= 15 is 0 Å². The number of benzene rings is 1. The smallest absolute Gasteiger partial charge is 0.377 e. The molecular formula is C24H29ClF3N5O4. The molecule has 0 radical (unpaired) electrons. The minimum atomic E-state index is -4.57. The van der Waals surface area contributed by atoms with Gasteiger partial charge >= 0.3 is 6.18 Å². The van der Waals surface area contributed by atoms with Crippen LogP contribution in [-0.2, 0) is 15.7 Å². The number of nitrogens with two attached hydrogens (primary N) is 1. The average Bonchev–Trinajstić information content (AvgIpc) is 3.29. The standard InChI is InChI=1S/C24H29ClF3N5O4/c1-23(2,37-3)11-30-22(36)18-19(20(29)34)33(12-31-18)15-7-4-13(5-8-15)21(35)32-17-10-14(24(26,27)28)6-9-16(17)25/h6,9-10,12-13,15H,4-5,7-8,11H2,1-3H3,(H2,29,34)(H,30,36)(H,32,35). The van der Waals surface area contributed by atoms with Gasteiger partial charge in [-0.15, -0.1) is 0 Å². The minimum absolute atomic E-state index is 0.000700. The maximum Gasteiger partial charge on any atom is 0.416 e. The quantitative estimate of drug-likeness (QED) is 0.460. The first-order valence-electron chi connectivity index (χ1n) is 11.6. The molecule has 13 heteroatoms. The second kappa shape index (κ2) is 11.1. The highest BCUT2D eigenvalue weighted by Gasteiger charge is 2.33. The summed E-state index contributed by atoms with van der Waals surface area (Å²) < 4.78 is 45.9. The number of imidazole rings is 1. The Balaban J connectivity index is 1.67. The van der Waals surface area contributed by atoms with E-state index in [9.17, 15) is 27.6 Å². The molecule has 0 saturated heterocycles. The number of methoxy groups -OCH3 is 1. The van der Waals surface area contributed by atoms with E-state index in [1.165, 1.54) is 13.4 Å². The minimum Gasteiger partial charge on any atom is -0.377 e. The molecular weight excluding hydrogens is 515 g/mol. The van der Waals surface area contributed by atoms with E-state index in [1.807, 2.05) is 0 Å². The van der Waals surface area contributed by atoms with Crippen molar-refractivity contribution in [3.8, 4) is 0 Å². The van der Waals surface area contributed by atoms with Gasteiger partial charge in [-0.05, 0) is 57.7 Å². The van der Waals surface area contributed by atoms with Crippen LogP contribution in [0.3, 0.4) is 0 Å². The normalized spacial score (nSPS) is 18.4. The number of halogens is 4. The van der Waals surface area contributed by atoms with Gasteiger partial charge < -0.3 is 25.7 Å². The summed E-state index contributed by atoms with van der Waals surface area (Å²) in [6.45, 7) is 3.76. The van der Waals surface area contributed by atoms with E-state index in [4.69, 9.17) is 22.1 Å². The summed E-state index contributed by atoms with van der Waals surface area (Å²) in [5, 5.41) is 5.18. The number of amides is 3. The van der Waals surface area contributed by atoms with Gasteiger partial charge in [-0.3, -0.25) is 14.4 Å². The third-order valence-corrected chi connectivity index (χ3v) is 6.81. The Morgan fingerprint density at radius 1 is 1.19 bits per heavy atom. The van der Waals surface area contributed by atoms with Crippen molar-refractivity contribution in [3.63, 3.8) is 0 Å². The highest BCUT2D eigenvalue weighted by Crippen LogP contribution is 2.36. The summed E-state index contributed by atoms with van der Waals surface area (Å²) in [5.74, 6) is -2.29. The van der Waals surface area contributed by atoms with E-state index < -0.39 is 41.0 Å². The second-order valence-corrected chi connectivity index (χ2v) is 9.95. The van der Waals surface area contributed by atoms with E-state index in [-0.39, 0.29) is 34.7 Å². The van der Waals surface area contributed by atoms with Gasteiger partial charge in [0.2, 0.25) is 5.91 Å². The molecule has 2 aromatic rings. The molecule has 3 rings (SSSR count). The SMILES string of the molecule is COC(C)(C)CNC(=O)c1ncn(C2CCC(C(=O)Nc3cc(C(F)(F)F)ccc3Cl)CC2)c1C(N)=O. The number of rotatable bonds is 8. The first-order chi connectivity index (χ1) is 17.2. The van der Waals surface area contributed by atoms with E-state index in [0.717, 1.165) is 18.2 Å². The van der Waals surface area contributed by atoms with Crippen molar-refractivity contribution in [1.29, 1.82) is 0 Å². The lowest BCUT2D eigenvalue weighted by Gasteiger charge is -2.29. The van der Waals surface area contributed by atoms with Crippen LogP contribution in [0, 0.1) is 5.92 Å². The predicted octanol–water partition coefficient (Wildman–Crippen LogP) is 4.18. The number of alkyl halides is 3. The van der Waals surface area contributed by atoms with Crippen molar-refractivity contribution < 1.29 is 32.3 Å². The second-order valence-electron chi connectivity index (χ2n) is 9.55. The number of anilines is 1. The van der Waals surface area contributed by atoms with Crippen LogP contribution in [0.4, 0.5) is 18.9 Å². The van der Waals surface area contributed by atoms with Gasteiger partial charge in [0.05, 0.1) is 28.2 Å². The lowest BCUT2D eigenvalue weighted by Crippen LogP contribution is -2.40. The van der Waals surface area contributed by atoms with Gasteiger partial charge in [0, 0.05) is 25.6 Å². The number of ether oxygens (including phenoxy) is 1. The van der Waals surface area contributed by atoms with Crippen LogP contribution in [0.15, 0.2) is 24.5 Å². The molecule has 1 aromatic carbocycles. The molecule has 1 aromatic heterocycles. The van der Waals surface area contributed by atoms with Gasteiger partial charge in [0.15, 0.2) is 5.69 Å². The topological polar surface area (TPSA) is 128 Å². The molecule has 202 valence electrons. The molecule has 1 fully saturated rings. The van der Waals surface area contributed by atoms with Gasteiger partial charge in [-0.2, -0.15) is 13.2 Å². The Morgan fingerprint density at radius 3 is 2.41 bits per heavy atom. The summed E-state index contributed by atoms with van der Waals surface area (Å²) in [6, 6.07) is 2.49. The fraction of sp³-hybridized carbons (Fsp3) is 0.500. The van der Waals surface area contributed by atoms with Crippen LogP contribution >= 0.6 is 11.6 Å². The fourth-order valence-electron chi connectivity index (χ4n) is 4.15. The predicted molar refractivity (Wildman–Crippen MR) is 130 cm³/mol. The van der Waals surface area contributed by atoms with Gasteiger partial charge in [0.1, 0.15) is 5.69 Å². The largest absolute Gasteiger partial charge is 0.416 e. The fourth-order valence-corrected chi connectivity index (χ4v) is 4.31. The van der Waals surface area contributed by atoms with Crippen LogP contribution in [0.5, 0.6) is 0 Å². The summed E-state index contributed by atoms with van der Waals surface area (Å²) in [6.07, 6.45) is -1.48. The van der Waals surface area contributed by atoms with E-state index in [0.29, 0.717) is 25.7 Å². The number of primary amides is 1. The third kappa shape index (κ3) is 6.80. The maximum absolute atomic E-state index is 13.0. The first kappa shape index (κ1) is 28.5. The van der Waals surface area contributed by atoms with Crippen LogP contribution in [0.1, 0.15) is 72.1 Å². The Labute approximate surface area is 216 Å². The van der Waals surface area contributed by atoms with Crippen LogP contribution < -0.4 is 16.4 Å².